The first-order chi connectivity index (χ1) is 9.56. The van der Waals surface area contributed by atoms with Crippen molar-refractivity contribution >= 4 is 33.1 Å². The van der Waals surface area contributed by atoms with Gasteiger partial charge in [0.05, 0.1) is 5.56 Å². The largest absolute Gasteiger partial charge is 0.322 e. The fourth-order valence-corrected chi connectivity index (χ4v) is 3.38. The third kappa shape index (κ3) is 2.23. The lowest BCUT2D eigenvalue weighted by molar-refractivity contribution is 0.102. The predicted octanol–water partition coefficient (Wildman–Crippen LogP) is 2.39. The van der Waals surface area contributed by atoms with Gasteiger partial charge < -0.3 is 5.32 Å². The van der Waals surface area contributed by atoms with E-state index in [-0.39, 0.29) is 5.91 Å². The van der Waals surface area contributed by atoms with Crippen LogP contribution in [0.15, 0.2) is 53.0 Å². The number of pyridine rings is 1. The van der Waals surface area contributed by atoms with Crippen LogP contribution >= 0.6 is 0 Å². The van der Waals surface area contributed by atoms with E-state index in [2.05, 4.69) is 16.2 Å². The Morgan fingerprint density at radius 2 is 2.15 bits per heavy atom. The number of rotatable bonds is 2. The number of hydrogen-bond donors (Lipinski definition) is 1. The molecule has 0 bridgehead atoms. The number of carbonyl (C=O) groups is 1. The third-order valence-corrected chi connectivity index (χ3v) is 4.71. The molecule has 2 heterocycles. The summed E-state index contributed by atoms with van der Waals surface area (Å²) in [5, 5.41) is 4.37. The van der Waals surface area contributed by atoms with Gasteiger partial charge >= 0.3 is 0 Å². The van der Waals surface area contributed by atoms with Gasteiger partial charge in [0.25, 0.3) is 5.91 Å². The molecule has 1 N–H and O–H groups in total. The van der Waals surface area contributed by atoms with Crippen molar-refractivity contribution in [2.45, 2.75) is 4.90 Å². The van der Waals surface area contributed by atoms with Crippen LogP contribution in [0, 0.1) is 0 Å². The molecule has 1 unspecified atom stereocenters. The second-order valence-corrected chi connectivity index (χ2v) is 6.64. The number of fused-ring (bicyclic) bond motifs is 1. The van der Waals surface area contributed by atoms with E-state index >= 15 is 0 Å². The van der Waals surface area contributed by atoms with E-state index in [0.717, 1.165) is 5.56 Å². The number of anilines is 1. The van der Waals surface area contributed by atoms with Gasteiger partial charge in [0.15, 0.2) is 0 Å². The van der Waals surface area contributed by atoms with Crippen molar-refractivity contribution in [2.24, 2.45) is 0 Å². The molecule has 1 aromatic carbocycles. The summed E-state index contributed by atoms with van der Waals surface area (Å²) in [6.45, 7) is 0. The molecule has 0 saturated carbocycles. The molecule has 4 nitrogen and oxygen atoms in total. The van der Waals surface area contributed by atoms with Crippen LogP contribution in [0.1, 0.15) is 15.9 Å². The molecule has 3 rings (SSSR count). The first-order valence-electron chi connectivity index (χ1n) is 5.97. The van der Waals surface area contributed by atoms with Gasteiger partial charge in [-0.05, 0) is 47.2 Å². The summed E-state index contributed by atoms with van der Waals surface area (Å²) in [4.78, 5) is 16.6. The van der Waals surface area contributed by atoms with Crippen LogP contribution in [0.25, 0.3) is 6.08 Å². The van der Waals surface area contributed by atoms with Crippen LogP contribution in [0.2, 0.25) is 0 Å². The molecule has 1 aliphatic rings. The minimum atomic E-state index is -2.37. The number of nitrogens with zero attached hydrogens (tertiary/aromatic N) is 1. The smallest absolute Gasteiger partial charge is 0.257 e. The third-order valence-electron chi connectivity index (χ3n) is 3.03. The molecule has 0 saturated heterocycles. The van der Waals surface area contributed by atoms with Gasteiger partial charge in [-0.2, -0.15) is 0 Å². The number of benzene rings is 1. The van der Waals surface area contributed by atoms with Gasteiger partial charge in [0.2, 0.25) is 0 Å². The predicted molar refractivity (Wildman–Crippen MR) is 81.2 cm³/mol. The second kappa shape index (κ2) is 4.61. The maximum atomic E-state index is 12.2. The molecular weight excluding hydrogens is 272 g/mol. The van der Waals surface area contributed by atoms with E-state index in [9.17, 15) is 9.00 Å². The Balaban J connectivity index is 1.89. The highest BCUT2D eigenvalue weighted by Crippen LogP contribution is 2.29. The topological polar surface area (TPSA) is 59.1 Å². The van der Waals surface area contributed by atoms with Crippen molar-refractivity contribution in [3.05, 3.63) is 59.3 Å². The fraction of sp³-hybridized carbons (Fsp3) is 0. The van der Waals surface area contributed by atoms with Crippen LogP contribution in [-0.4, -0.2) is 21.0 Å². The number of hydrogen-bond acceptors (Lipinski definition) is 3. The molecule has 20 heavy (non-hydrogen) atoms. The Labute approximate surface area is 117 Å². The molecule has 1 atom stereocenters. The van der Waals surface area contributed by atoms with Crippen molar-refractivity contribution in [1.29, 1.82) is 0 Å². The normalized spacial score (nSPS) is 19.6. The summed E-state index contributed by atoms with van der Waals surface area (Å²) in [5.41, 5.74) is 1.95. The molecule has 100 valence electrons. The van der Waals surface area contributed by atoms with Gasteiger partial charge in [0.1, 0.15) is 0 Å². The first-order valence-corrected chi connectivity index (χ1v) is 7.76. The van der Waals surface area contributed by atoms with Crippen LogP contribution in [0.5, 0.6) is 0 Å². The Kier molecular flexibility index (Phi) is 2.91. The van der Waals surface area contributed by atoms with Crippen LogP contribution in [0.3, 0.4) is 0 Å². The minimum Gasteiger partial charge on any atom is -0.322 e. The van der Waals surface area contributed by atoms with E-state index in [1.807, 2.05) is 6.07 Å². The Morgan fingerprint density at radius 3 is 2.90 bits per heavy atom. The van der Waals surface area contributed by atoms with Crippen molar-refractivity contribution in [3.63, 3.8) is 0 Å². The molecule has 1 aliphatic heterocycles. The average Bonchev–Trinajstić information content (AvgIpc) is 2.75. The van der Waals surface area contributed by atoms with Crippen molar-refractivity contribution in [1.82, 2.24) is 4.98 Å². The molecule has 5 heteroatoms. The van der Waals surface area contributed by atoms with Gasteiger partial charge in [-0.15, -0.1) is 0 Å². The van der Waals surface area contributed by atoms with E-state index in [1.165, 1.54) is 6.20 Å². The van der Waals surface area contributed by atoms with Gasteiger partial charge in [0, 0.05) is 32.5 Å². The molecule has 0 aliphatic carbocycles. The average molecular weight is 284 g/mol. The van der Waals surface area contributed by atoms with Crippen molar-refractivity contribution in [3.8, 4) is 0 Å². The standard InChI is InChI=1S/C15H12N2O2S/c1-20(19)8-6-11-4-5-13(9-14(11)20)17-15(18)12-3-2-7-16-10-12/h2-10H,1H2,(H,17,18). The highest BCUT2D eigenvalue weighted by molar-refractivity contribution is 8.03. The van der Waals surface area contributed by atoms with Crippen LogP contribution in [0.4, 0.5) is 5.69 Å². The molecule has 0 fully saturated rings. The fourth-order valence-electron chi connectivity index (χ4n) is 2.01. The van der Waals surface area contributed by atoms with Crippen molar-refractivity contribution in [2.75, 3.05) is 5.32 Å². The van der Waals surface area contributed by atoms with Crippen molar-refractivity contribution < 1.29 is 9.00 Å². The second-order valence-electron chi connectivity index (χ2n) is 4.48. The Morgan fingerprint density at radius 1 is 1.30 bits per heavy atom. The van der Waals surface area contributed by atoms with Crippen LogP contribution < -0.4 is 5.32 Å². The Bertz CT molecular complexity index is 809. The van der Waals surface area contributed by atoms with E-state index < -0.39 is 9.52 Å². The monoisotopic (exact) mass is 284 g/mol. The molecule has 0 radical (unpaired) electrons. The molecule has 2 aromatic rings. The minimum absolute atomic E-state index is 0.250. The van der Waals surface area contributed by atoms with Gasteiger partial charge in [-0.25, -0.2) is 0 Å². The quantitative estimate of drug-likeness (QED) is 0.861. The molecule has 1 amide bonds. The summed E-state index contributed by atoms with van der Waals surface area (Å²) in [6, 6.07) is 8.69. The maximum absolute atomic E-state index is 12.2. The van der Waals surface area contributed by atoms with E-state index in [0.29, 0.717) is 16.1 Å². The summed E-state index contributed by atoms with van der Waals surface area (Å²) in [5.74, 6) is 3.46. The SMILES string of the molecule is C=S1(=O)C=Cc2ccc(NC(=O)c3cccnc3)cc21. The highest BCUT2D eigenvalue weighted by atomic mass is 32.2. The molecule has 1 aromatic heterocycles. The number of nitrogens with one attached hydrogen (secondary N) is 1. The lowest BCUT2D eigenvalue weighted by Crippen LogP contribution is -2.12. The summed E-state index contributed by atoms with van der Waals surface area (Å²) in [6.07, 6.45) is 4.89. The zero-order valence-corrected chi connectivity index (χ0v) is 11.4. The van der Waals surface area contributed by atoms with Gasteiger partial charge in [-0.3, -0.25) is 14.0 Å². The van der Waals surface area contributed by atoms with Crippen LogP contribution in [-0.2, 0) is 9.52 Å². The zero-order valence-electron chi connectivity index (χ0n) is 10.6. The lowest BCUT2D eigenvalue weighted by atomic mass is 10.2. The number of carbonyl (C=O) groups excluding carboxylic acids is 1. The molecular formula is C15H12N2O2S. The number of aromatic nitrogens is 1. The van der Waals surface area contributed by atoms with E-state index in [1.54, 1.807) is 41.9 Å². The molecule has 0 spiro atoms. The lowest BCUT2D eigenvalue weighted by Gasteiger charge is -2.08. The van der Waals surface area contributed by atoms with Gasteiger partial charge in [-0.1, -0.05) is 6.07 Å². The summed E-state index contributed by atoms with van der Waals surface area (Å²) in [7, 11) is -2.37. The maximum Gasteiger partial charge on any atom is 0.257 e. The summed E-state index contributed by atoms with van der Waals surface area (Å²) >= 11 is 0. The number of amides is 1. The Hall–Kier alpha value is -2.40. The highest BCUT2D eigenvalue weighted by Gasteiger charge is 2.16. The van der Waals surface area contributed by atoms with E-state index in [4.69, 9.17) is 0 Å². The first kappa shape index (κ1) is 12.6. The zero-order chi connectivity index (χ0) is 14.2. The summed E-state index contributed by atoms with van der Waals surface area (Å²) < 4.78 is 12.2.